The quantitative estimate of drug-likeness (QED) is 0.319. The zero-order valence-corrected chi connectivity index (χ0v) is 21.3. The average molecular weight is 525 g/mol. The number of anilines is 4. The van der Waals surface area contributed by atoms with E-state index in [9.17, 15) is 18.4 Å². The van der Waals surface area contributed by atoms with E-state index in [2.05, 4.69) is 26.1 Å². The van der Waals surface area contributed by atoms with Gasteiger partial charge in [-0.3, -0.25) is 0 Å². The lowest BCUT2D eigenvalue weighted by atomic mass is 10.1. The number of hydrogen-bond donors (Lipinski definition) is 2. The molecule has 0 atom stereocenters. The number of rotatable bonds is 8. The zero-order chi connectivity index (χ0) is 27.6. The first kappa shape index (κ1) is 26.6. The van der Waals surface area contributed by atoms with Gasteiger partial charge in [-0.2, -0.15) is 5.26 Å². The molecule has 0 bridgehead atoms. The molecule has 38 heavy (non-hydrogen) atoms. The van der Waals surface area contributed by atoms with Crippen molar-refractivity contribution < 1.29 is 17.9 Å². The van der Waals surface area contributed by atoms with Gasteiger partial charge in [0.05, 0.1) is 34.5 Å². The van der Waals surface area contributed by atoms with Crippen molar-refractivity contribution in [2.75, 3.05) is 50.2 Å². The standard InChI is InChI=1S/C26H27F3N8O/c1-35(2)9-10-36(3)22-12-23(38-26(27,28)29)20(11-19(22)31)33-25-32-14-16(13-30)24(34-25)18-15-37(4)21-8-6-5-7-17(18)21/h5-8,11-12,14-15H,9-10,31H2,1-4H3,(H,32,33,34). The number of ether oxygens (including phenoxy) is 1. The molecule has 4 aromatic rings. The van der Waals surface area contributed by atoms with Gasteiger partial charge in [0.1, 0.15) is 6.07 Å². The van der Waals surface area contributed by atoms with Gasteiger partial charge in [-0.1, -0.05) is 18.2 Å². The molecule has 12 heteroatoms. The van der Waals surface area contributed by atoms with Crippen LogP contribution >= 0.6 is 0 Å². The van der Waals surface area contributed by atoms with Crippen LogP contribution in [0.5, 0.6) is 5.75 Å². The molecule has 4 rings (SSSR count). The number of aryl methyl sites for hydroxylation is 1. The number of alkyl halides is 3. The molecule has 0 unspecified atom stereocenters. The van der Waals surface area contributed by atoms with Gasteiger partial charge in [0, 0.05) is 55.9 Å². The first-order valence-electron chi connectivity index (χ1n) is 11.6. The van der Waals surface area contributed by atoms with E-state index in [1.54, 1.807) is 11.9 Å². The van der Waals surface area contributed by atoms with Crippen molar-refractivity contribution in [2.24, 2.45) is 7.05 Å². The topological polar surface area (TPSA) is 108 Å². The molecule has 0 radical (unpaired) electrons. The largest absolute Gasteiger partial charge is 0.573 e. The Kier molecular flexibility index (Phi) is 7.32. The summed E-state index contributed by atoms with van der Waals surface area (Å²) in [6.45, 7) is 1.20. The molecule has 0 aliphatic heterocycles. The lowest BCUT2D eigenvalue weighted by molar-refractivity contribution is -0.274. The number of nitrogen functional groups attached to an aromatic ring is 1. The van der Waals surface area contributed by atoms with Crippen molar-refractivity contribution in [3.8, 4) is 23.1 Å². The number of nitrogens with one attached hydrogen (secondary N) is 1. The van der Waals surface area contributed by atoms with Crippen molar-refractivity contribution in [3.63, 3.8) is 0 Å². The molecule has 0 saturated carbocycles. The van der Waals surface area contributed by atoms with Crippen LogP contribution in [0.2, 0.25) is 0 Å². The third kappa shape index (κ3) is 5.73. The Labute approximate surface area is 217 Å². The second kappa shape index (κ2) is 10.5. The third-order valence-electron chi connectivity index (χ3n) is 5.96. The van der Waals surface area contributed by atoms with Gasteiger partial charge in [0.25, 0.3) is 0 Å². The van der Waals surface area contributed by atoms with Crippen LogP contribution < -0.4 is 20.7 Å². The first-order chi connectivity index (χ1) is 18.0. The Bertz CT molecular complexity index is 1510. The fourth-order valence-electron chi connectivity index (χ4n) is 4.07. The van der Waals surface area contributed by atoms with Crippen LogP contribution in [0.4, 0.5) is 36.2 Å². The predicted molar refractivity (Wildman–Crippen MR) is 141 cm³/mol. The SMILES string of the molecule is CN(C)CCN(C)c1cc(OC(F)(F)F)c(Nc2ncc(C#N)c(-c3cn(C)c4ccccc34)n2)cc1N. The summed E-state index contributed by atoms with van der Waals surface area (Å²) >= 11 is 0. The number of fused-ring (bicyclic) bond motifs is 1. The number of likely N-dealkylation sites (N-methyl/N-ethyl adjacent to an activating group) is 2. The van der Waals surface area contributed by atoms with Crippen LogP contribution in [0.3, 0.4) is 0 Å². The van der Waals surface area contributed by atoms with E-state index in [1.807, 2.05) is 61.1 Å². The second-order valence-electron chi connectivity index (χ2n) is 9.04. The molecule has 0 fully saturated rings. The van der Waals surface area contributed by atoms with Gasteiger partial charge < -0.3 is 30.2 Å². The van der Waals surface area contributed by atoms with Crippen LogP contribution in [0.15, 0.2) is 48.8 Å². The molecule has 0 aliphatic rings. The van der Waals surface area contributed by atoms with E-state index in [1.165, 1.54) is 18.3 Å². The van der Waals surface area contributed by atoms with E-state index >= 15 is 0 Å². The van der Waals surface area contributed by atoms with E-state index in [0.29, 0.717) is 30.0 Å². The molecule has 0 spiro atoms. The van der Waals surface area contributed by atoms with Gasteiger partial charge in [-0.15, -0.1) is 13.2 Å². The zero-order valence-electron chi connectivity index (χ0n) is 21.3. The van der Waals surface area contributed by atoms with Crippen molar-refractivity contribution in [1.82, 2.24) is 19.4 Å². The maximum Gasteiger partial charge on any atom is 0.573 e. The highest BCUT2D eigenvalue weighted by molar-refractivity contribution is 5.96. The average Bonchev–Trinajstić information content (AvgIpc) is 3.19. The third-order valence-corrected chi connectivity index (χ3v) is 5.96. The Morgan fingerprint density at radius 1 is 1.16 bits per heavy atom. The summed E-state index contributed by atoms with van der Waals surface area (Å²) in [5, 5.41) is 13.3. The number of nitriles is 1. The minimum atomic E-state index is -4.94. The maximum absolute atomic E-state index is 13.3. The molecular formula is C26H27F3N8O. The van der Waals surface area contributed by atoms with Gasteiger partial charge in [-0.25, -0.2) is 9.97 Å². The smallest absolute Gasteiger partial charge is 0.403 e. The fourth-order valence-corrected chi connectivity index (χ4v) is 4.07. The number of benzene rings is 2. The minimum absolute atomic E-state index is 0.0212. The van der Waals surface area contributed by atoms with Crippen LogP contribution in [-0.4, -0.2) is 60.0 Å². The number of nitrogens with two attached hydrogens (primary N) is 1. The normalized spacial score (nSPS) is 11.6. The second-order valence-corrected chi connectivity index (χ2v) is 9.04. The summed E-state index contributed by atoms with van der Waals surface area (Å²) in [6, 6.07) is 12.3. The highest BCUT2D eigenvalue weighted by atomic mass is 19.4. The summed E-state index contributed by atoms with van der Waals surface area (Å²) in [6.07, 6.45) is -1.78. The minimum Gasteiger partial charge on any atom is -0.403 e. The summed E-state index contributed by atoms with van der Waals surface area (Å²) in [4.78, 5) is 12.3. The first-order valence-corrected chi connectivity index (χ1v) is 11.6. The van der Waals surface area contributed by atoms with Crippen LogP contribution in [0.25, 0.3) is 22.2 Å². The fraction of sp³-hybridized carbons (Fsp3) is 0.269. The van der Waals surface area contributed by atoms with Gasteiger partial charge in [-0.05, 0) is 26.2 Å². The number of hydrogen-bond acceptors (Lipinski definition) is 8. The van der Waals surface area contributed by atoms with Gasteiger partial charge >= 0.3 is 6.36 Å². The Morgan fingerprint density at radius 3 is 2.58 bits per heavy atom. The van der Waals surface area contributed by atoms with E-state index in [-0.39, 0.29) is 22.9 Å². The predicted octanol–water partition coefficient (Wildman–Crippen LogP) is 4.73. The van der Waals surface area contributed by atoms with Gasteiger partial charge in [0.15, 0.2) is 5.75 Å². The maximum atomic E-state index is 13.3. The van der Waals surface area contributed by atoms with Crippen molar-refractivity contribution in [2.45, 2.75) is 6.36 Å². The number of nitrogens with zero attached hydrogens (tertiary/aromatic N) is 6. The van der Waals surface area contributed by atoms with Crippen molar-refractivity contribution >= 4 is 33.9 Å². The lowest BCUT2D eigenvalue weighted by Crippen LogP contribution is -2.29. The van der Waals surface area contributed by atoms with Gasteiger partial charge in [0.2, 0.25) is 5.95 Å². The molecule has 2 aromatic carbocycles. The van der Waals surface area contributed by atoms with Crippen molar-refractivity contribution in [3.05, 3.63) is 54.4 Å². The molecule has 0 saturated heterocycles. The summed E-state index contributed by atoms with van der Waals surface area (Å²) in [5.41, 5.74) is 8.96. The van der Waals surface area contributed by atoms with Crippen LogP contribution in [0.1, 0.15) is 5.56 Å². The number of halogens is 3. The Hall–Kier alpha value is -4.50. The van der Waals surface area contributed by atoms with Crippen molar-refractivity contribution in [1.29, 1.82) is 5.26 Å². The molecule has 9 nitrogen and oxygen atoms in total. The van der Waals surface area contributed by atoms with E-state index in [0.717, 1.165) is 10.9 Å². The molecule has 2 aromatic heterocycles. The summed E-state index contributed by atoms with van der Waals surface area (Å²) < 4.78 is 46.2. The van der Waals surface area contributed by atoms with Crippen LogP contribution in [0, 0.1) is 11.3 Å². The molecular weight excluding hydrogens is 497 g/mol. The monoisotopic (exact) mass is 524 g/mol. The van der Waals surface area contributed by atoms with Crippen LogP contribution in [-0.2, 0) is 7.05 Å². The number of para-hydroxylation sites is 1. The summed E-state index contributed by atoms with van der Waals surface area (Å²) in [5.74, 6) is -0.509. The van der Waals surface area contributed by atoms with E-state index in [4.69, 9.17) is 5.73 Å². The molecule has 198 valence electrons. The molecule has 2 heterocycles. The molecule has 0 amide bonds. The number of aromatic nitrogens is 3. The summed E-state index contributed by atoms with van der Waals surface area (Å²) in [7, 11) is 7.40. The molecule has 3 N–H and O–H groups in total. The lowest BCUT2D eigenvalue weighted by Gasteiger charge is -2.25. The Balaban J connectivity index is 1.76. The Morgan fingerprint density at radius 2 is 1.89 bits per heavy atom. The molecule has 0 aliphatic carbocycles. The highest BCUT2D eigenvalue weighted by Gasteiger charge is 2.33. The highest BCUT2D eigenvalue weighted by Crippen LogP contribution is 2.39. The van der Waals surface area contributed by atoms with E-state index < -0.39 is 12.1 Å².